The topological polar surface area (TPSA) is 106 Å². The summed E-state index contributed by atoms with van der Waals surface area (Å²) < 4.78 is 61.1. The second-order valence-electron chi connectivity index (χ2n) is 9.00. The highest BCUT2D eigenvalue weighted by atomic mass is 28.4. The summed E-state index contributed by atoms with van der Waals surface area (Å²) in [5.41, 5.74) is -2.38. The van der Waals surface area contributed by atoms with Gasteiger partial charge in [0.15, 0.2) is 0 Å². The first-order chi connectivity index (χ1) is 16.0. The maximum atomic E-state index is 6.70. The number of ether oxygens (including phenoxy) is 7. The molecule has 0 bridgehead atoms. The fourth-order valence-electron chi connectivity index (χ4n) is 4.02. The normalized spacial score (nSPS) is 31.6. The van der Waals surface area contributed by atoms with E-state index < -0.39 is 19.8 Å². The number of epoxide rings is 4. The molecule has 0 aromatic carbocycles. The first kappa shape index (κ1) is 25.9. The lowest BCUT2D eigenvalue weighted by atomic mass is 9.96. The van der Waals surface area contributed by atoms with E-state index in [4.69, 9.17) is 46.4 Å². The lowest BCUT2D eigenvalue weighted by molar-refractivity contribution is -0.315. The van der Waals surface area contributed by atoms with Crippen LogP contribution in [-0.2, 0) is 46.4 Å². The Morgan fingerprint density at radius 1 is 0.667 bits per heavy atom. The number of rotatable bonds is 20. The lowest BCUT2D eigenvalue weighted by Gasteiger charge is -2.52. The van der Waals surface area contributed by atoms with Crippen LogP contribution in [0, 0.1) is 0 Å². The van der Waals surface area contributed by atoms with E-state index in [1.807, 2.05) is 27.7 Å². The van der Waals surface area contributed by atoms with Crippen molar-refractivity contribution in [2.45, 2.75) is 76.0 Å². The molecule has 0 spiro atoms. The Balaban J connectivity index is 1.73. The van der Waals surface area contributed by atoms with Crippen molar-refractivity contribution in [2.24, 2.45) is 0 Å². The third-order valence-corrected chi connectivity index (χ3v) is 9.82. The van der Waals surface area contributed by atoms with Crippen LogP contribution in [-0.4, -0.2) is 110 Å². The van der Waals surface area contributed by atoms with Gasteiger partial charge in [0, 0.05) is 19.8 Å². The van der Waals surface area contributed by atoms with Crippen molar-refractivity contribution in [3.05, 3.63) is 0 Å². The van der Waals surface area contributed by atoms with E-state index in [-0.39, 0.29) is 24.4 Å². The Labute approximate surface area is 197 Å². The average Bonchev–Trinajstić information content (AvgIpc) is 3.66. The molecule has 0 saturated carbocycles. The van der Waals surface area contributed by atoms with Gasteiger partial charge < -0.3 is 46.4 Å². The molecule has 10 nitrogen and oxygen atoms in total. The van der Waals surface area contributed by atoms with Gasteiger partial charge in [-0.05, 0) is 40.5 Å². The Morgan fingerprint density at radius 2 is 1.06 bits per heavy atom. The Morgan fingerprint density at radius 3 is 1.42 bits per heavy atom. The van der Waals surface area contributed by atoms with E-state index in [0.29, 0.717) is 65.9 Å². The minimum Gasteiger partial charge on any atom is -0.373 e. The van der Waals surface area contributed by atoms with E-state index in [0.717, 1.165) is 13.0 Å². The monoisotopic (exact) mass is 492 g/mol. The van der Waals surface area contributed by atoms with Crippen LogP contribution in [0.3, 0.4) is 0 Å². The van der Waals surface area contributed by atoms with Gasteiger partial charge in [-0.2, -0.15) is 0 Å². The van der Waals surface area contributed by atoms with Crippen LogP contribution in [0.4, 0.5) is 0 Å². The van der Waals surface area contributed by atoms with Gasteiger partial charge >= 0.3 is 8.80 Å². The van der Waals surface area contributed by atoms with Crippen LogP contribution in [0.1, 0.15) is 40.5 Å². The van der Waals surface area contributed by atoms with Gasteiger partial charge in [-0.1, -0.05) is 0 Å². The van der Waals surface area contributed by atoms with Gasteiger partial charge in [0.05, 0.1) is 52.4 Å². The van der Waals surface area contributed by atoms with Crippen molar-refractivity contribution in [3.63, 3.8) is 0 Å². The van der Waals surface area contributed by atoms with Crippen molar-refractivity contribution < 1.29 is 46.4 Å². The third kappa shape index (κ3) is 6.53. The van der Waals surface area contributed by atoms with Crippen molar-refractivity contribution in [3.8, 4) is 0 Å². The zero-order valence-corrected chi connectivity index (χ0v) is 21.4. The molecule has 4 saturated heterocycles. The van der Waals surface area contributed by atoms with Crippen LogP contribution >= 0.6 is 0 Å². The minimum atomic E-state index is -3.65. The van der Waals surface area contributed by atoms with Crippen LogP contribution < -0.4 is 0 Å². The molecule has 33 heavy (non-hydrogen) atoms. The Kier molecular flexibility index (Phi) is 8.83. The molecule has 4 fully saturated rings. The van der Waals surface area contributed by atoms with Gasteiger partial charge in [0.2, 0.25) is 0 Å². The maximum absolute atomic E-state index is 6.70. The van der Waals surface area contributed by atoms with Crippen molar-refractivity contribution in [2.75, 3.05) is 66.1 Å². The van der Waals surface area contributed by atoms with Crippen molar-refractivity contribution in [1.29, 1.82) is 0 Å². The zero-order chi connectivity index (χ0) is 23.4. The largest absolute Gasteiger partial charge is 0.567 e. The fourth-order valence-corrected chi connectivity index (χ4v) is 7.35. The summed E-state index contributed by atoms with van der Waals surface area (Å²) >= 11 is 0. The molecule has 4 aliphatic heterocycles. The van der Waals surface area contributed by atoms with E-state index in [1.165, 1.54) is 0 Å². The van der Waals surface area contributed by atoms with Crippen LogP contribution in [0.2, 0.25) is 0 Å². The van der Waals surface area contributed by atoms with E-state index >= 15 is 0 Å². The molecule has 0 amide bonds. The summed E-state index contributed by atoms with van der Waals surface area (Å²) in [5.74, 6) is 0. The van der Waals surface area contributed by atoms with Crippen LogP contribution in [0.5, 0.6) is 0 Å². The second-order valence-corrected chi connectivity index (χ2v) is 11.6. The molecule has 0 aliphatic carbocycles. The molecule has 5 unspecified atom stereocenters. The zero-order valence-electron chi connectivity index (χ0n) is 20.4. The van der Waals surface area contributed by atoms with Gasteiger partial charge in [-0.3, -0.25) is 0 Å². The van der Waals surface area contributed by atoms with Gasteiger partial charge in [0.25, 0.3) is 5.41 Å². The highest BCUT2D eigenvalue weighted by molar-refractivity contribution is 6.64. The standard InChI is InChI=1S/C22H40O10Si/c1-5-30-33(31-6-2,32-7-3)22(28-15-19-12-25-19,29-16-20-13-26-20)21(4,9-8-17-10-23-17)27-14-18-11-24-18/h17-20H,5-16H2,1-4H3. The lowest BCUT2D eigenvalue weighted by Crippen LogP contribution is -2.77. The summed E-state index contributed by atoms with van der Waals surface area (Å²) in [6.45, 7) is 12.8. The van der Waals surface area contributed by atoms with Crippen LogP contribution in [0.15, 0.2) is 0 Å². The third-order valence-electron chi connectivity index (χ3n) is 6.19. The summed E-state index contributed by atoms with van der Waals surface area (Å²) in [4.78, 5) is 0. The van der Waals surface area contributed by atoms with Gasteiger partial charge in [-0.25, -0.2) is 0 Å². The maximum Gasteiger partial charge on any atom is 0.567 e. The number of hydrogen-bond donors (Lipinski definition) is 0. The van der Waals surface area contributed by atoms with Gasteiger partial charge in [-0.15, -0.1) is 0 Å². The highest BCUT2D eigenvalue weighted by Crippen LogP contribution is 2.46. The SMILES string of the molecule is CCO[Si](OCC)(OCC)C(OCC1CO1)(OCC1CO1)C(C)(CCC1CO1)OCC1CO1. The Bertz CT molecular complexity index is 557. The molecular formula is C22H40O10Si. The summed E-state index contributed by atoms with van der Waals surface area (Å²) in [7, 11) is -3.65. The fraction of sp³-hybridized carbons (Fsp3) is 1.00. The molecule has 0 aromatic heterocycles. The Hall–Kier alpha value is -0.183. The second kappa shape index (κ2) is 11.3. The average molecular weight is 493 g/mol. The first-order valence-electron chi connectivity index (χ1n) is 12.3. The molecule has 0 N–H and O–H groups in total. The minimum absolute atomic E-state index is 0.00418. The predicted molar refractivity (Wildman–Crippen MR) is 118 cm³/mol. The predicted octanol–water partition coefficient (Wildman–Crippen LogP) is 1.45. The molecule has 0 radical (unpaired) electrons. The molecule has 5 atom stereocenters. The summed E-state index contributed by atoms with van der Waals surface area (Å²) in [6.07, 6.45) is 1.70. The summed E-state index contributed by atoms with van der Waals surface area (Å²) in [5, 5.41) is 0. The van der Waals surface area contributed by atoms with Crippen molar-refractivity contribution >= 4 is 8.80 Å². The van der Waals surface area contributed by atoms with Crippen molar-refractivity contribution in [1.82, 2.24) is 0 Å². The molecule has 192 valence electrons. The summed E-state index contributed by atoms with van der Waals surface area (Å²) in [6, 6.07) is 0. The van der Waals surface area contributed by atoms with E-state index in [2.05, 4.69) is 0 Å². The quantitative estimate of drug-likeness (QED) is 0.141. The van der Waals surface area contributed by atoms with E-state index in [9.17, 15) is 0 Å². The molecule has 4 heterocycles. The smallest absolute Gasteiger partial charge is 0.373 e. The molecule has 4 rings (SSSR count). The molecule has 0 aromatic rings. The molecule has 11 heteroatoms. The van der Waals surface area contributed by atoms with E-state index in [1.54, 1.807) is 0 Å². The molecule has 4 aliphatic rings. The van der Waals surface area contributed by atoms with Gasteiger partial charge in [0.1, 0.15) is 23.9 Å². The first-order valence-corrected chi connectivity index (χ1v) is 14.0. The number of hydrogen-bond acceptors (Lipinski definition) is 10. The highest BCUT2D eigenvalue weighted by Gasteiger charge is 2.74. The van der Waals surface area contributed by atoms with Crippen LogP contribution in [0.25, 0.3) is 0 Å². The molecular weight excluding hydrogens is 452 g/mol.